The van der Waals surface area contributed by atoms with E-state index in [2.05, 4.69) is 22.3 Å². The van der Waals surface area contributed by atoms with Crippen molar-refractivity contribution >= 4 is 11.7 Å². The number of carbonyl (C=O) groups is 2. The maximum absolute atomic E-state index is 12.4. The molecule has 6 nitrogen and oxygen atoms in total. The second-order valence-electron chi connectivity index (χ2n) is 6.61. The van der Waals surface area contributed by atoms with Crippen LogP contribution in [0.5, 0.6) is 0 Å². The van der Waals surface area contributed by atoms with Gasteiger partial charge in [-0.25, -0.2) is 0 Å². The van der Waals surface area contributed by atoms with Gasteiger partial charge in [-0.05, 0) is 52.2 Å². The van der Waals surface area contributed by atoms with E-state index in [0.29, 0.717) is 23.4 Å². The van der Waals surface area contributed by atoms with Crippen molar-refractivity contribution < 1.29 is 9.59 Å². The fourth-order valence-electron chi connectivity index (χ4n) is 3.08. The Morgan fingerprint density at radius 3 is 2.46 bits per heavy atom. The Hall–Kier alpha value is -2.37. The molecule has 2 aromatic heterocycles. The maximum atomic E-state index is 12.4. The second-order valence-corrected chi connectivity index (χ2v) is 6.61. The first-order chi connectivity index (χ1) is 11.2. The van der Waals surface area contributed by atoms with Crippen LogP contribution in [0.4, 0.5) is 0 Å². The van der Waals surface area contributed by atoms with Crippen LogP contribution in [-0.2, 0) is 6.54 Å². The number of nitrogens with one attached hydrogen (secondary N) is 2. The highest BCUT2D eigenvalue weighted by atomic mass is 16.2. The van der Waals surface area contributed by atoms with Crippen molar-refractivity contribution in [2.75, 3.05) is 6.54 Å². The summed E-state index contributed by atoms with van der Waals surface area (Å²) in [6.45, 7) is 12.5. The molecule has 2 heterocycles. The highest BCUT2D eigenvalue weighted by Gasteiger charge is 2.20. The van der Waals surface area contributed by atoms with Crippen LogP contribution in [0.25, 0.3) is 0 Å². The van der Waals surface area contributed by atoms with Crippen molar-refractivity contribution in [2.45, 2.75) is 48.1 Å². The summed E-state index contributed by atoms with van der Waals surface area (Å²) >= 11 is 0. The molecule has 0 aliphatic carbocycles. The molecule has 1 amide bonds. The summed E-state index contributed by atoms with van der Waals surface area (Å²) in [5.41, 5.74) is 4.64. The van der Waals surface area contributed by atoms with E-state index < -0.39 is 0 Å². The minimum atomic E-state index is -0.177. The summed E-state index contributed by atoms with van der Waals surface area (Å²) in [5.74, 6) is 0.0390. The van der Waals surface area contributed by atoms with Crippen molar-refractivity contribution in [2.24, 2.45) is 5.92 Å². The topological polar surface area (TPSA) is 79.8 Å². The molecule has 2 N–H and O–H groups in total. The minimum Gasteiger partial charge on any atom is -0.354 e. The Balaban J connectivity index is 1.99. The molecule has 0 saturated carbocycles. The van der Waals surface area contributed by atoms with E-state index in [1.807, 2.05) is 31.5 Å². The predicted molar refractivity (Wildman–Crippen MR) is 93.5 cm³/mol. The predicted octanol–water partition coefficient (Wildman–Crippen LogP) is 2.71. The first-order valence-corrected chi connectivity index (χ1v) is 8.20. The Labute approximate surface area is 142 Å². The van der Waals surface area contributed by atoms with Crippen molar-refractivity contribution in [1.82, 2.24) is 20.1 Å². The molecule has 2 rings (SSSR count). The van der Waals surface area contributed by atoms with Gasteiger partial charge >= 0.3 is 0 Å². The number of nitrogens with zero attached hydrogens (tertiary/aromatic N) is 2. The lowest BCUT2D eigenvalue weighted by Crippen LogP contribution is -2.31. The van der Waals surface area contributed by atoms with Gasteiger partial charge in [-0.15, -0.1) is 0 Å². The summed E-state index contributed by atoms with van der Waals surface area (Å²) in [6, 6.07) is 2.04. The number of ketones is 1. The normalized spacial score (nSPS) is 12.2. The fraction of sp³-hybridized carbons (Fsp3) is 0.500. The molecule has 24 heavy (non-hydrogen) atoms. The zero-order valence-electron chi connectivity index (χ0n) is 15.3. The van der Waals surface area contributed by atoms with E-state index in [9.17, 15) is 9.59 Å². The van der Waals surface area contributed by atoms with Gasteiger partial charge in [0.25, 0.3) is 5.91 Å². The number of rotatable bonds is 6. The number of H-pyrrole nitrogens is 1. The van der Waals surface area contributed by atoms with Crippen LogP contribution in [0, 0.1) is 33.6 Å². The van der Waals surface area contributed by atoms with E-state index in [1.165, 1.54) is 6.92 Å². The molecule has 1 unspecified atom stereocenters. The Kier molecular flexibility index (Phi) is 5.26. The monoisotopic (exact) mass is 330 g/mol. The fourth-order valence-corrected chi connectivity index (χ4v) is 3.08. The van der Waals surface area contributed by atoms with Crippen LogP contribution in [-0.4, -0.2) is 33.0 Å². The largest absolute Gasteiger partial charge is 0.354 e. The standard InChI is InChI=1S/C18H26N4O2/c1-10(9-22-12(3)7-11(2)21-22)8-19-18(24)17-13(4)16(15(6)23)14(5)20-17/h7,10,20H,8-9H2,1-6H3,(H,19,24). The molecular weight excluding hydrogens is 304 g/mol. The molecule has 0 aliphatic heterocycles. The number of aromatic nitrogens is 3. The summed E-state index contributed by atoms with van der Waals surface area (Å²) in [5, 5.41) is 7.39. The summed E-state index contributed by atoms with van der Waals surface area (Å²) in [6.07, 6.45) is 0. The Morgan fingerprint density at radius 1 is 1.29 bits per heavy atom. The summed E-state index contributed by atoms with van der Waals surface area (Å²) in [4.78, 5) is 27.1. The van der Waals surface area contributed by atoms with Gasteiger partial charge in [0.2, 0.25) is 0 Å². The average molecular weight is 330 g/mol. The molecule has 0 saturated heterocycles. The average Bonchev–Trinajstić information content (AvgIpc) is 2.95. The lowest BCUT2D eigenvalue weighted by atomic mass is 10.1. The van der Waals surface area contributed by atoms with Crippen LogP contribution in [0.2, 0.25) is 0 Å². The van der Waals surface area contributed by atoms with Crippen LogP contribution in [0.1, 0.15) is 57.3 Å². The van der Waals surface area contributed by atoms with Crippen LogP contribution >= 0.6 is 0 Å². The van der Waals surface area contributed by atoms with Crippen LogP contribution < -0.4 is 5.32 Å². The van der Waals surface area contributed by atoms with E-state index in [4.69, 9.17) is 0 Å². The molecule has 130 valence electrons. The molecule has 0 radical (unpaired) electrons. The number of Topliss-reactive ketones (excluding diaryl/α,β-unsaturated/α-hetero) is 1. The quantitative estimate of drug-likeness (QED) is 0.799. The van der Waals surface area contributed by atoms with Gasteiger partial charge < -0.3 is 10.3 Å². The molecule has 0 aromatic carbocycles. The third-order valence-corrected chi connectivity index (χ3v) is 4.22. The van der Waals surface area contributed by atoms with Gasteiger partial charge in [0.15, 0.2) is 5.78 Å². The van der Waals surface area contributed by atoms with E-state index >= 15 is 0 Å². The van der Waals surface area contributed by atoms with Crippen molar-refractivity contribution in [1.29, 1.82) is 0 Å². The van der Waals surface area contributed by atoms with Gasteiger partial charge in [-0.3, -0.25) is 14.3 Å². The van der Waals surface area contributed by atoms with Gasteiger partial charge in [0, 0.05) is 30.0 Å². The molecule has 1 atom stereocenters. The van der Waals surface area contributed by atoms with Crippen LogP contribution in [0.15, 0.2) is 6.07 Å². The van der Waals surface area contributed by atoms with Crippen LogP contribution in [0.3, 0.4) is 0 Å². The van der Waals surface area contributed by atoms with Crippen molar-refractivity contribution in [3.05, 3.63) is 40.0 Å². The minimum absolute atomic E-state index is 0.0294. The zero-order chi connectivity index (χ0) is 18.0. The Bertz CT molecular complexity index is 770. The molecule has 0 fully saturated rings. The first kappa shape index (κ1) is 18.0. The third kappa shape index (κ3) is 3.75. The number of aryl methyl sites for hydroxylation is 3. The number of amides is 1. The van der Waals surface area contributed by atoms with Gasteiger partial charge in [0.1, 0.15) is 5.69 Å². The number of hydrogen-bond acceptors (Lipinski definition) is 3. The Morgan fingerprint density at radius 2 is 1.96 bits per heavy atom. The molecule has 0 bridgehead atoms. The van der Waals surface area contributed by atoms with Gasteiger partial charge in [-0.2, -0.15) is 5.10 Å². The highest BCUT2D eigenvalue weighted by molar-refractivity contribution is 6.02. The molecular formula is C18H26N4O2. The van der Waals surface area contributed by atoms with E-state index in [0.717, 1.165) is 23.6 Å². The molecule has 0 spiro atoms. The van der Waals surface area contributed by atoms with E-state index in [-0.39, 0.29) is 17.6 Å². The van der Waals surface area contributed by atoms with Gasteiger partial charge in [0.05, 0.1) is 5.69 Å². The maximum Gasteiger partial charge on any atom is 0.268 e. The summed E-state index contributed by atoms with van der Waals surface area (Å²) in [7, 11) is 0. The lowest BCUT2D eigenvalue weighted by molar-refractivity contribution is 0.0941. The smallest absolute Gasteiger partial charge is 0.268 e. The van der Waals surface area contributed by atoms with Crippen molar-refractivity contribution in [3.63, 3.8) is 0 Å². The number of aromatic amines is 1. The number of carbonyl (C=O) groups excluding carboxylic acids is 2. The molecule has 0 aliphatic rings. The first-order valence-electron chi connectivity index (χ1n) is 8.20. The SMILES string of the molecule is CC(=O)c1c(C)[nH]c(C(=O)NCC(C)Cn2nc(C)cc2C)c1C. The van der Waals surface area contributed by atoms with Crippen molar-refractivity contribution in [3.8, 4) is 0 Å². The van der Waals surface area contributed by atoms with Gasteiger partial charge in [-0.1, -0.05) is 6.92 Å². The zero-order valence-corrected chi connectivity index (χ0v) is 15.3. The third-order valence-electron chi connectivity index (χ3n) is 4.22. The lowest BCUT2D eigenvalue weighted by Gasteiger charge is -2.14. The number of hydrogen-bond donors (Lipinski definition) is 2. The van der Waals surface area contributed by atoms with E-state index in [1.54, 1.807) is 6.92 Å². The molecule has 2 aromatic rings. The second kappa shape index (κ2) is 7.03. The summed E-state index contributed by atoms with van der Waals surface area (Å²) < 4.78 is 1.96. The highest BCUT2D eigenvalue weighted by Crippen LogP contribution is 2.18. The molecule has 6 heteroatoms.